The SMILES string of the molecule is CCOC=O.Cc1nccc2c1CC1(CCCCC1)C2. The Hall–Kier alpha value is -1.38. The maximum absolute atomic E-state index is 9.18. The van der Waals surface area contributed by atoms with E-state index in [1.165, 1.54) is 50.6 Å². The lowest BCUT2D eigenvalue weighted by atomic mass is 9.72. The standard InChI is InChI=1S/C14H19N.C3H6O2/c1-11-13-10-14(6-3-2-4-7-14)9-12(13)5-8-15-11;1-2-5-3-4/h5,8H,2-4,6-7,9-10H2,1H3;3H,2H2,1H3. The van der Waals surface area contributed by atoms with Crippen LogP contribution in [0.3, 0.4) is 0 Å². The van der Waals surface area contributed by atoms with E-state index in [1.807, 2.05) is 6.20 Å². The first-order chi connectivity index (χ1) is 9.71. The Balaban J connectivity index is 0.000000257. The number of hydrogen-bond acceptors (Lipinski definition) is 3. The van der Waals surface area contributed by atoms with Gasteiger partial charge >= 0.3 is 0 Å². The fourth-order valence-electron chi connectivity index (χ4n) is 3.62. The van der Waals surface area contributed by atoms with Crippen LogP contribution in [-0.2, 0) is 22.4 Å². The molecule has 0 amide bonds. The highest BCUT2D eigenvalue weighted by Gasteiger charge is 2.38. The maximum atomic E-state index is 9.18. The van der Waals surface area contributed by atoms with Crippen LogP contribution in [-0.4, -0.2) is 18.1 Å². The van der Waals surface area contributed by atoms with Crippen LogP contribution in [0.5, 0.6) is 0 Å². The van der Waals surface area contributed by atoms with Crippen molar-refractivity contribution in [3.8, 4) is 0 Å². The van der Waals surface area contributed by atoms with E-state index in [0.717, 1.165) is 0 Å². The maximum Gasteiger partial charge on any atom is 0.293 e. The molecule has 1 fully saturated rings. The van der Waals surface area contributed by atoms with Gasteiger partial charge in [-0.3, -0.25) is 9.78 Å². The van der Waals surface area contributed by atoms with Crippen LogP contribution in [0.15, 0.2) is 12.3 Å². The molecular formula is C17H25NO2. The first-order valence-corrected chi connectivity index (χ1v) is 7.69. The predicted octanol–water partition coefficient (Wildman–Crippen LogP) is 3.62. The van der Waals surface area contributed by atoms with Gasteiger partial charge in [-0.25, -0.2) is 0 Å². The molecule has 2 aliphatic rings. The van der Waals surface area contributed by atoms with Gasteiger partial charge in [0.25, 0.3) is 6.47 Å². The number of ether oxygens (including phenoxy) is 1. The minimum Gasteiger partial charge on any atom is -0.468 e. The number of aromatic nitrogens is 1. The van der Waals surface area contributed by atoms with Crippen molar-refractivity contribution in [2.45, 2.75) is 58.8 Å². The molecule has 0 unspecified atom stereocenters. The Morgan fingerprint density at radius 2 is 2.05 bits per heavy atom. The van der Waals surface area contributed by atoms with Gasteiger partial charge in [0.15, 0.2) is 0 Å². The van der Waals surface area contributed by atoms with E-state index in [-0.39, 0.29) is 0 Å². The average molecular weight is 275 g/mol. The Morgan fingerprint density at radius 3 is 2.60 bits per heavy atom. The minimum atomic E-state index is 0.431. The van der Waals surface area contributed by atoms with Gasteiger partial charge in [-0.1, -0.05) is 19.3 Å². The third-order valence-electron chi connectivity index (χ3n) is 4.63. The second-order valence-electron chi connectivity index (χ2n) is 6.00. The monoisotopic (exact) mass is 275 g/mol. The van der Waals surface area contributed by atoms with Crippen molar-refractivity contribution in [1.29, 1.82) is 0 Å². The number of pyridine rings is 1. The molecule has 0 saturated heterocycles. The number of fused-ring (bicyclic) bond motifs is 1. The van der Waals surface area contributed by atoms with Crippen molar-refractivity contribution in [1.82, 2.24) is 4.98 Å². The Kier molecular flexibility index (Phi) is 5.16. The summed E-state index contributed by atoms with van der Waals surface area (Å²) >= 11 is 0. The summed E-state index contributed by atoms with van der Waals surface area (Å²) in [5, 5.41) is 0. The normalized spacial score (nSPS) is 18.9. The molecule has 0 radical (unpaired) electrons. The van der Waals surface area contributed by atoms with Crippen molar-refractivity contribution < 1.29 is 9.53 Å². The lowest BCUT2D eigenvalue weighted by molar-refractivity contribution is -0.128. The van der Waals surface area contributed by atoms with E-state index in [2.05, 4.69) is 22.7 Å². The molecule has 20 heavy (non-hydrogen) atoms. The molecule has 3 nitrogen and oxygen atoms in total. The van der Waals surface area contributed by atoms with Crippen molar-refractivity contribution in [3.05, 3.63) is 29.1 Å². The van der Waals surface area contributed by atoms with Crippen molar-refractivity contribution >= 4 is 6.47 Å². The molecule has 1 saturated carbocycles. The fourth-order valence-corrected chi connectivity index (χ4v) is 3.62. The highest BCUT2D eigenvalue weighted by Crippen LogP contribution is 2.47. The van der Waals surface area contributed by atoms with Crippen LogP contribution in [0.4, 0.5) is 0 Å². The van der Waals surface area contributed by atoms with Crippen LogP contribution in [0.2, 0.25) is 0 Å². The van der Waals surface area contributed by atoms with Crippen molar-refractivity contribution in [2.24, 2.45) is 5.41 Å². The van der Waals surface area contributed by atoms with Gasteiger partial charge in [0.05, 0.1) is 6.61 Å². The number of aryl methyl sites for hydroxylation is 1. The highest BCUT2D eigenvalue weighted by atomic mass is 16.5. The molecule has 2 aliphatic carbocycles. The summed E-state index contributed by atoms with van der Waals surface area (Å²) < 4.78 is 4.15. The van der Waals surface area contributed by atoms with Gasteiger partial charge < -0.3 is 4.74 Å². The average Bonchev–Trinajstić information content (AvgIpc) is 2.80. The molecule has 1 aromatic rings. The number of rotatable bonds is 2. The first kappa shape index (κ1) is 15.0. The van der Waals surface area contributed by atoms with Crippen LogP contribution in [0.1, 0.15) is 55.8 Å². The quantitative estimate of drug-likeness (QED) is 0.774. The van der Waals surface area contributed by atoms with E-state index >= 15 is 0 Å². The molecule has 1 heterocycles. The predicted molar refractivity (Wildman–Crippen MR) is 79.6 cm³/mol. The molecule has 1 aromatic heterocycles. The summed E-state index contributed by atoms with van der Waals surface area (Å²) in [7, 11) is 0. The van der Waals surface area contributed by atoms with Gasteiger partial charge in [-0.2, -0.15) is 0 Å². The number of carbonyl (C=O) groups excluding carboxylic acids is 1. The summed E-state index contributed by atoms with van der Waals surface area (Å²) in [4.78, 5) is 13.6. The molecule has 0 N–H and O–H groups in total. The second kappa shape index (κ2) is 6.87. The van der Waals surface area contributed by atoms with Gasteiger partial charge in [0, 0.05) is 11.9 Å². The van der Waals surface area contributed by atoms with E-state index in [0.29, 0.717) is 18.5 Å². The topological polar surface area (TPSA) is 39.2 Å². The van der Waals surface area contributed by atoms with Crippen molar-refractivity contribution in [2.75, 3.05) is 6.61 Å². The van der Waals surface area contributed by atoms with E-state index in [1.54, 1.807) is 18.1 Å². The van der Waals surface area contributed by atoms with Gasteiger partial charge in [0.2, 0.25) is 0 Å². The fraction of sp³-hybridized carbons (Fsp3) is 0.647. The van der Waals surface area contributed by atoms with Crippen LogP contribution in [0, 0.1) is 12.3 Å². The van der Waals surface area contributed by atoms with E-state index in [4.69, 9.17) is 0 Å². The number of nitrogens with zero attached hydrogens (tertiary/aromatic N) is 1. The van der Waals surface area contributed by atoms with E-state index in [9.17, 15) is 4.79 Å². The molecule has 3 heteroatoms. The largest absolute Gasteiger partial charge is 0.468 e. The summed E-state index contributed by atoms with van der Waals surface area (Å²) in [5.41, 5.74) is 5.06. The summed E-state index contributed by atoms with van der Waals surface area (Å²) in [6, 6.07) is 2.24. The Bertz CT molecular complexity index is 450. The van der Waals surface area contributed by atoms with Gasteiger partial charge in [-0.05, 0) is 62.1 Å². The third kappa shape index (κ3) is 3.38. The van der Waals surface area contributed by atoms with E-state index < -0.39 is 0 Å². The smallest absolute Gasteiger partial charge is 0.293 e. The lowest BCUT2D eigenvalue weighted by Gasteiger charge is -2.33. The molecule has 0 atom stereocenters. The number of carbonyl (C=O) groups is 1. The van der Waals surface area contributed by atoms with Crippen LogP contribution in [0.25, 0.3) is 0 Å². The zero-order valence-electron chi connectivity index (χ0n) is 12.7. The summed E-state index contributed by atoms with van der Waals surface area (Å²) in [6.07, 6.45) is 11.8. The molecular weight excluding hydrogens is 250 g/mol. The van der Waals surface area contributed by atoms with Crippen LogP contribution < -0.4 is 0 Å². The lowest BCUT2D eigenvalue weighted by Crippen LogP contribution is -2.24. The third-order valence-corrected chi connectivity index (χ3v) is 4.63. The summed E-state index contributed by atoms with van der Waals surface area (Å²) in [6.45, 7) is 4.83. The minimum absolute atomic E-state index is 0.431. The second-order valence-corrected chi connectivity index (χ2v) is 6.00. The van der Waals surface area contributed by atoms with Crippen LogP contribution >= 0.6 is 0 Å². The molecule has 0 bridgehead atoms. The summed E-state index contributed by atoms with van der Waals surface area (Å²) in [5.74, 6) is 0. The van der Waals surface area contributed by atoms with Crippen molar-refractivity contribution in [3.63, 3.8) is 0 Å². The zero-order chi connectivity index (χ0) is 14.4. The molecule has 1 spiro atoms. The Morgan fingerprint density at radius 1 is 1.30 bits per heavy atom. The molecule has 110 valence electrons. The highest BCUT2D eigenvalue weighted by molar-refractivity contribution is 5.37. The first-order valence-electron chi connectivity index (χ1n) is 7.69. The number of hydrogen-bond donors (Lipinski definition) is 0. The van der Waals surface area contributed by atoms with Gasteiger partial charge in [-0.15, -0.1) is 0 Å². The van der Waals surface area contributed by atoms with Gasteiger partial charge in [0.1, 0.15) is 0 Å². The Labute approximate surface area is 121 Å². The molecule has 3 rings (SSSR count). The molecule has 0 aromatic carbocycles. The molecule has 0 aliphatic heterocycles. The zero-order valence-corrected chi connectivity index (χ0v) is 12.7.